The molecule has 0 saturated carbocycles. The van der Waals surface area contributed by atoms with Gasteiger partial charge in [-0.15, -0.1) is 0 Å². The number of ketones is 1. The summed E-state index contributed by atoms with van der Waals surface area (Å²) in [7, 11) is 1.39. The van der Waals surface area contributed by atoms with Crippen molar-refractivity contribution in [1.29, 1.82) is 0 Å². The van der Waals surface area contributed by atoms with Gasteiger partial charge in [0.25, 0.3) is 0 Å². The van der Waals surface area contributed by atoms with Gasteiger partial charge in [0.05, 0.1) is 18.1 Å². The summed E-state index contributed by atoms with van der Waals surface area (Å²) < 4.78 is 20.9. The summed E-state index contributed by atoms with van der Waals surface area (Å²) in [5.41, 5.74) is 0.561. The molecule has 0 aliphatic carbocycles. The zero-order chi connectivity index (χ0) is 25.3. The van der Waals surface area contributed by atoms with Crippen LogP contribution in [0.1, 0.15) is 22.8 Å². The molecule has 3 rings (SSSR count). The van der Waals surface area contributed by atoms with Gasteiger partial charge in [-0.2, -0.15) is 0 Å². The maximum Gasteiger partial charge on any atom is 0.417 e. The summed E-state index contributed by atoms with van der Waals surface area (Å²) in [6.45, 7) is 2.17. The molecule has 0 unspecified atom stereocenters. The number of rotatable bonds is 6. The number of esters is 1. The topological polar surface area (TPSA) is 189 Å². The van der Waals surface area contributed by atoms with Crippen molar-refractivity contribution in [2.75, 3.05) is 13.7 Å². The Morgan fingerprint density at radius 3 is 2.32 bits per heavy atom. The Kier molecular flexibility index (Phi) is 7.26. The predicted octanol–water partition coefficient (Wildman–Crippen LogP) is -0.121. The van der Waals surface area contributed by atoms with E-state index >= 15 is 0 Å². The maximum absolute atomic E-state index is 12.1. The molecule has 1 fully saturated rings. The first-order chi connectivity index (χ1) is 16.0. The minimum atomic E-state index is -1.87. The molecule has 12 heteroatoms. The first-order valence-electron chi connectivity index (χ1n) is 10.1. The van der Waals surface area contributed by atoms with Crippen molar-refractivity contribution in [3.05, 3.63) is 29.3 Å². The predicted molar refractivity (Wildman–Crippen MR) is 113 cm³/mol. The van der Waals surface area contributed by atoms with Crippen molar-refractivity contribution >= 4 is 28.5 Å². The molecule has 1 heterocycles. The van der Waals surface area contributed by atoms with Crippen LogP contribution in [0.2, 0.25) is 0 Å². The number of carboxylic acids is 1. The van der Waals surface area contributed by atoms with Crippen LogP contribution >= 0.6 is 0 Å². The molecule has 12 nitrogen and oxygen atoms in total. The number of Topliss-reactive ketones (excluding diaryl/α,β-unsaturated/α-hetero) is 1. The molecule has 0 amide bonds. The van der Waals surface area contributed by atoms with Crippen LogP contribution in [0.4, 0.5) is 0 Å². The highest BCUT2D eigenvalue weighted by Gasteiger charge is 2.46. The second kappa shape index (κ2) is 9.81. The van der Waals surface area contributed by atoms with E-state index in [1.807, 2.05) is 0 Å². The molecule has 2 aromatic carbocycles. The minimum absolute atomic E-state index is 0.0570. The second-order valence-electron chi connectivity index (χ2n) is 7.73. The van der Waals surface area contributed by atoms with Crippen LogP contribution in [0, 0.1) is 6.92 Å². The number of carboxylic acid groups (broad SMARTS) is 1. The van der Waals surface area contributed by atoms with Crippen LogP contribution in [0.25, 0.3) is 10.8 Å². The summed E-state index contributed by atoms with van der Waals surface area (Å²) in [6, 6.07) is 4.57. The number of fused-ring (bicyclic) bond motifs is 1. The van der Waals surface area contributed by atoms with Crippen molar-refractivity contribution in [2.45, 2.75) is 44.6 Å². The summed E-state index contributed by atoms with van der Waals surface area (Å²) in [5, 5.41) is 50.8. The number of aliphatic carboxylic acids is 1. The molecule has 1 aliphatic heterocycles. The smallest absolute Gasteiger partial charge is 0.417 e. The molecule has 1 saturated heterocycles. The fourth-order valence-corrected chi connectivity index (χ4v) is 3.75. The van der Waals surface area contributed by atoms with Gasteiger partial charge in [0.15, 0.2) is 5.78 Å². The van der Waals surface area contributed by atoms with Crippen LogP contribution in [0.15, 0.2) is 18.2 Å². The average Bonchev–Trinajstić information content (AvgIpc) is 2.77. The lowest BCUT2D eigenvalue weighted by Crippen LogP contribution is -2.60. The number of aromatic hydroxyl groups is 1. The van der Waals surface area contributed by atoms with Gasteiger partial charge in [-0.3, -0.25) is 4.79 Å². The van der Waals surface area contributed by atoms with Crippen molar-refractivity contribution in [1.82, 2.24) is 0 Å². The van der Waals surface area contributed by atoms with E-state index in [9.17, 15) is 34.8 Å². The molecule has 184 valence electrons. The van der Waals surface area contributed by atoms with E-state index in [1.165, 1.54) is 20.1 Å². The number of carbonyl (C=O) groups is 3. The molecule has 34 heavy (non-hydrogen) atoms. The van der Waals surface area contributed by atoms with Crippen molar-refractivity contribution in [3.63, 3.8) is 0 Å². The lowest BCUT2D eigenvalue weighted by Gasteiger charge is -2.40. The molecular formula is C22H24O12. The fourth-order valence-electron chi connectivity index (χ4n) is 3.75. The summed E-state index contributed by atoms with van der Waals surface area (Å²) in [5.74, 6) is -4.03. The van der Waals surface area contributed by atoms with Crippen LogP contribution in [0.3, 0.4) is 0 Å². The highest BCUT2D eigenvalue weighted by atomic mass is 16.7. The second-order valence-corrected chi connectivity index (χ2v) is 7.73. The summed E-state index contributed by atoms with van der Waals surface area (Å²) in [6.07, 6.45) is -8.44. The number of phenols is 1. The first-order valence-corrected chi connectivity index (χ1v) is 10.1. The lowest BCUT2D eigenvalue weighted by molar-refractivity contribution is -0.278. The van der Waals surface area contributed by atoms with E-state index in [0.29, 0.717) is 16.7 Å². The van der Waals surface area contributed by atoms with Gasteiger partial charge in [-0.25, -0.2) is 9.59 Å². The molecule has 0 aromatic heterocycles. The van der Waals surface area contributed by atoms with Crippen LogP contribution in [0.5, 0.6) is 17.2 Å². The van der Waals surface area contributed by atoms with E-state index < -0.39 is 55.0 Å². The quantitative estimate of drug-likeness (QED) is 0.210. The number of hydrogen-bond acceptors (Lipinski definition) is 11. The number of ether oxygens (including phenoxy) is 4. The monoisotopic (exact) mass is 480 g/mol. The van der Waals surface area contributed by atoms with Crippen LogP contribution in [-0.4, -0.2) is 87.7 Å². The van der Waals surface area contributed by atoms with E-state index in [1.54, 1.807) is 19.1 Å². The number of carbonyl (C=O) groups excluding carboxylic acids is 2. The van der Waals surface area contributed by atoms with Gasteiger partial charge in [0.1, 0.15) is 48.3 Å². The van der Waals surface area contributed by atoms with Gasteiger partial charge in [-0.1, -0.05) is 6.07 Å². The van der Waals surface area contributed by atoms with Gasteiger partial charge in [0.2, 0.25) is 6.29 Å². The number of phenolic OH excluding ortho intramolecular Hbond substituents is 1. The highest BCUT2D eigenvalue weighted by molar-refractivity contribution is 6.28. The van der Waals surface area contributed by atoms with Crippen molar-refractivity contribution in [2.24, 2.45) is 0 Å². The Balaban J connectivity index is 2.00. The van der Waals surface area contributed by atoms with Gasteiger partial charge in [-0.05, 0) is 30.9 Å². The average molecular weight is 480 g/mol. The van der Waals surface area contributed by atoms with E-state index in [4.69, 9.17) is 19.3 Å². The third-order valence-electron chi connectivity index (χ3n) is 5.40. The number of benzene rings is 2. The molecule has 5 atom stereocenters. The fraction of sp³-hybridized carbons (Fsp3) is 0.409. The third kappa shape index (κ3) is 4.75. The molecular weight excluding hydrogens is 456 g/mol. The summed E-state index contributed by atoms with van der Waals surface area (Å²) >= 11 is 0. The molecule has 0 radical (unpaired) electrons. The van der Waals surface area contributed by atoms with Crippen LogP contribution < -0.4 is 9.47 Å². The van der Waals surface area contributed by atoms with Gasteiger partial charge in [0, 0.05) is 6.07 Å². The third-order valence-corrected chi connectivity index (χ3v) is 5.40. The van der Waals surface area contributed by atoms with Crippen molar-refractivity contribution < 1.29 is 58.9 Å². The normalized spacial score (nSPS) is 24.5. The van der Waals surface area contributed by atoms with E-state index in [2.05, 4.69) is 4.74 Å². The van der Waals surface area contributed by atoms with E-state index in [-0.39, 0.29) is 22.4 Å². The van der Waals surface area contributed by atoms with Gasteiger partial charge < -0.3 is 44.5 Å². The van der Waals surface area contributed by atoms with Gasteiger partial charge >= 0.3 is 11.9 Å². The van der Waals surface area contributed by atoms with Crippen molar-refractivity contribution in [3.8, 4) is 17.2 Å². The number of aryl methyl sites for hydroxylation is 1. The zero-order valence-corrected chi connectivity index (χ0v) is 18.4. The SMILES string of the molecule is COc1cc(O[C@H]2O[C@H](COC(=O)C(=O)O)[C@H](O)[C@@H](O)[C@H]2O)c2c(O)c(C(C)=O)c(C)cc2c1. The number of aliphatic hydroxyl groups excluding tert-OH is 3. The Labute approximate surface area is 192 Å². The molecule has 1 aliphatic rings. The summed E-state index contributed by atoms with van der Waals surface area (Å²) in [4.78, 5) is 33.9. The zero-order valence-electron chi connectivity index (χ0n) is 18.4. The Hall–Kier alpha value is -3.45. The molecule has 0 bridgehead atoms. The molecule has 0 spiro atoms. The van der Waals surface area contributed by atoms with Crippen LogP contribution in [-0.2, 0) is 19.1 Å². The number of methoxy groups -OCH3 is 1. The first kappa shape index (κ1) is 25.2. The standard InChI is InChI=1S/C22H24O12/c1-8-4-10-5-11(31-3)6-12(15(10)17(25)14(8)9(2)23)33-22-19(27)18(26)16(24)13(34-22)7-32-21(30)20(28)29/h4-6,13,16,18-19,22,24-27H,7H2,1-3H3,(H,28,29)/t13-,16+,18-,19-,22+/m1/s1. The Morgan fingerprint density at radius 2 is 1.74 bits per heavy atom. The maximum atomic E-state index is 12.1. The lowest BCUT2D eigenvalue weighted by atomic mass is 9.96. The minimum Gasteiger partial charge on any atom is -0.506 e. The largest absolute Gasteiger partial charge is 0.506 e. The molecule has 5 N–H and O–H groups in total. The number of aliphatic hydroxyl groups is 3. The van der Waals surface area contributed by atoms with E-state index in [0.717, 1.165) is 0 Å². The Morgan fingerprint density at radius 1 is 1.06 bits per heavy atom. The molecule has 2 aromatic rings. The number of hydrogen-bond donors (Lipinski definition) is 5. The highest BCUT2D eigenvalue weighted by Crippen LogP contribution is 2.42. The Bertz CT molecular complexity index is 1130.